The smallest absolute Gasteiger partial charge is 0.349 e. The summed E-state index contributed by atoms with van der Waals surface area (Å²) in [6, 6.07) is 0. The molecular formula is C7H13N3O5. The summed E-state index contributed by atoms with van der Waals surface area (Å²) < 4.78 is 0. The lowest BCUT2D eigenvalue weighted by atomic mass is 10.3. The number of hydroxylamine groups is 1. The minimum atomic E-state index is -1.16. The van der Waals surface area contributed by atoms with Crippen LogP contribution in [0.2, 0.25) is 0 Å². The highest BCUT2D eigenvalue weighted by molar-refractivity contribution is 6.33. The highest BCUT2D eigenvalue weighted by Crippen LogP contribution is 1.84. The molecule has 0 fully saturated rings. The zero-order chi connectivity index (χ0) is 12.4. The van der Waals surface area contributed by atoms with E-state index in [1.54, 1.807) is 0 Å². The van der Waals surface area contributed by atoms with Gasteiger partial charge in [0.2, 0.25) is 11.8 Å². The van der Waals surface area contributed by atoms with Crippen molar-refractivity contribution >= 4 is 23.5 Å². The summed E-state index contributed by atoms with van der Waals surface area (Å²) in [7, 11) is 0. The second-order valence-corrected chi connectivity index (χ2v) is 2.43. The van der Waals surface area contributed by atoms with E-state index in [0.717, 1.165) is 0 Å². The molecule has 0 radical (unpaired) electrons. The number of hydrogen-bond donors (Lipinski definition) is 5. The van der Waals surface area contributed by atoms with Crippen LogP contribution in [-0.4, -0.2) is 33.8 Å². The van der Waals surface area contributed by atoms with Crippen LogP contribution in [0.4, 0.5) is 0 Å². The summed E-state index contributed by atoms with van der Waals surface area (Å²) in [4.78, 5) is 29.6. The number of carbonyl (C=O) groups excluding carboxylic acids is 2. The predicted octanol–water partition coefficient (Wildman–Crippen LogP) is -1.13. The maximum atomic E-state index is 10.1. The molecule has 8 nitrogen and oxygen atoms in total. The van der Waals surface area contributed by atoms with E-state index in [-0.39, 0.29) is 18.6 Å². The number of rotatable bonds is 4. The molecule has 0 aliphatic rings. The van der Waals surface area contributed by atoms with E-state index in [9.17, 15) is 14.4 Å². The minimum Gasteiger partial charge on any atom is -0.477 e. The molecule has 0 aromatic carbocycles. The number of carboxylic acids is 1. The van der Waals surface area contributed by atoms with Crippen molar-refractivity contribution in [2.75, 3.05) is 0 Å². The van der Waals surface area contributed by atoms with Gasteiger partial charge in [-0.15, -0.1) is 0 Å². The van der Waals surface area contributed by atoms with Crippen molar-refractivity contribution in [1.82, 2.24) is 5.48 Å². The summed E-state index contributed by atoms with van der Waals surface area (Å²) in [5.41, 5.74) is 5.74. The normalized spacial score (nSPS) is 8.13. The van der Waals surface area contributed by atoms with Crippen molar-refractivity contribution in [3.05, 3.63) is 0 Å². The Labute approximate surface area is 85.5 Å². The van der Waals surface area contributed by atoms with Crippen LogP contribution in [0.5, 0.6) is 0 Å². The fourth-order valence-corrected chi connectivity index (χ4v) is 0.293. The molecule has 0 bridgehead atoms. The summed E-state index contributed by atoms with van der Waals surface area (Å²) in [5, 5.41) is 22.0. The Morgan fingerprint density at radius 3 is 1.93 bits per heavy atom. The Morgan fingerprint density at radius 2 is 1.73 bits per heavy atom. The van der Waals surface area contributed by atoms with E-state index in [1.165, 1.54) is 12.4 Å². The molecule has 0 saturated carbocycles. The van der Waals surface area contributed by atoms with Crippen LogP contribution >= 0.6 is 0 Å². The van der Waals surface area contributed by atoms with Gasteiger partial charge < -0.3 is 10.8 Å². The second kappa shape index (κ2) is 8.63. The van der Waals surface area contributed by atoms with Crippen molar-refractivity contribution in [3.63, 3.8) is 0 Å². The van der Waals surface area contributed by atoms with Crippen LogP contribution in [0.3, 0.4) is 0 Å². The maximum Gasteiger partial charge on any atom is 0.349 e. The Bertz CT molecular complexity index is 251. The standard InChI is InChI=1S/C4H8N2O3.C3H5NO2/c5-3(7)1-2-4(8)6-9;1-2(4)3(5)6/h9H,1-2H2,(H2,5,7)(H,6,8);4H,1H3,(H,5,6). The number of nitrogens with two attached hydrogens (primary N) is 1. The molecule has 0 aliphatic heterocycles. The number of amides is 2. The first-order valence-corrected chi connectivity index (χ1v) is 3.81. The Balaban J connectivity index is 0. The van der Waals surface area contributed by atoms with Crippen LogP contribution in [0.25, 0.3) is 0 Å². The van der Waals surface area contributed by atoms with Crippen LogP contribution in [0, 0.1) is 5.41 Å². The number of nitrogens with one attached hydrogen (secondary N) is 2. The highest BCUT2D eigenvalue weighted by atomic mass is 16.5. The monoisotopic (exact) mass is 219 g/mol. The van der Waals surface area contributed by atoms with Gasteiger partial charge >= 0.3 is 5.97 Å². The molecule has 0 aliphatic carbocycles. The summed E-state index contributed by atoms with van der Waals surface area (Å²) in [5.74, 6) is -2.32. The SMILES string of the molecule is CC(=N)C(=O)O.NC(=O)CCC(=O)NO. The molecule has 0 unspecified atom stereocenters. The summed E-state index contributed by atoms with van der Waals surface area (Å²) >= 11 is 0. The van der Waals surface area contributed by atoms with Gasteiger partial charge in [0, 0.05) is 12.8 Å². The van der Waals surface area contributed by atoms with Crippen molar-refractivity contribution in [3.8, 4) is 0 Å². The van der Waals surface area contributed by atoms with Gasteiger partial charge in [-0.1, -0.05) is 0 Å². The van der Waals surface area contributed by atoms with E-state index in [4.69, 9.17) is 21.5 Å². The van der Waals surface area contributed by atoms with Gasteiger partial charge in [0.05, 0.1) is 0 Å². The summed E-state index contributed by atoms with van der Waals surface area (Å²) in [6.45, 7) is 1.22. The molecule has 6 N–H and O–H groups in total. The number of hydrogen-bond acceptors (Lipinski definition) is 5. The van der Waals surface area contributed by atoms with Crippen molar-refractivity contribution < 1.29 is 24.7 Å². The van der Waals surface area contributed by atoms with Gasteiger partial charge in [-0.3, -0.25) is 20.2 Å². The van der Waals surface area contributed by atoms with E-state index in [1.807, 2.05) is 0 Å². The molecule has 0 atom stereocenters. The molecule has 8 heteroatoms. The van der Waals surface area contributed by atoms with Gasteiger partial charge in [-0.25, -0.2) is 10.3 Å². The lowest BCUT2D eigenvalue weighted by molar-refractivity contribution is -0.131. The van der Waals surface area contributed by atoms with Crippen molar-refractivity contribution in [2.45, 2.75) is 19.8 Å². The lowest BCUT2D eigenvalue weighted by Gasteiger charge is -1.92. The number of primary amides is 1. The third kappa shape index (κ3) is 14.9. The van der Waals surface area contributed by atoms with Gasteiger partial charge in [-0.2, -0.15) is 0 Å². The maximum absolute atomic E-state index is 10.1. The number of carbonyl (C=O) groups is 3. The Kier molecular flexibility index (Phi) is 8.92. The average molecular weight is 219 g/mol. The van der Waals surface area contributed by atoms with Crippen molar-refractivity contribution in [1.29, 1.82) is 5.41 Å². The molecule has 0 saturated heterocycles. The van der Waals surface area contributed by atoms with Gasteiger partial charge in [0.1, 0.15) is 5.71 Å². The highest BCUT2D eigenvalue weighted by Gasteiger charge is 2.00. The fraction of sp³-hybridized carbons (Fsp3) is 0.429. The van der Waals surface area contributed by atoms with E-state index in [2.05, 4.69) is 0 Å². The Hall–Kier alpha value is -1.96. The molecule has 0 aromatic heterocycles. The molecule has 0 rings (SSSR count). The molecule has 0 aromatic rings. The average Bonchev–Trinajstić information content (AvgIpc) is 2.14. The first kappa shape index (κ1) is 15.5. The first-order valence-electron chi connectivity index (χ1n) is 3.81. The molecular weight excluding hydrogens is 206 g/mol. The quantitative estimate of drug-likeness (QED) is 0.230. The molecule has 15 heavy (non-hydrogen) atoms. The molecule has 0 heterocycles. The van der Waals surface area contributed by atoms with Gasteiger partial charge in [0.25, 0.3) is 0 Å². The Morgan fingerprint density at radius 1 is 1.33 bits per heavy atom. The molecule has 86 valence electrons. The first-order chi connectivity index (χ1) is 6.81. The topological polar surface area (TPSA) is 154 Å². The number of carboxylic acid groups (broad SMARTS) is 1. The van der Waals surface area contributed by atoms with E-state index < -0.39 is 17.8 Å². The lowest BCUT2D eigenvalue weighted by Crippen LogP contribution is -2.21. The van der Waals surface area contributed by atoms with Crippen LogP contribution < -0.4 is 11.2 Å². The van der Waals surface area contributed by atoms with E-state index in [0.29, 0.717) is 0 Å². The molecule has 0 spiro atoms. The van der Waals surface area contributed by atoms with E-state index >= 15 is 0 Å². The third-order valence-corrected chi connectivity index (χ3v) is 1.04. The predicted molar refractivity (Wildman–Crippen MR) is 49.4 cm³/mol. The van der Waals surface area contributed by atoms with Gasteiger partial charge in [0.15, 0.2) is 0 Å². The summed E-state index contributed by atoms with van der Waals surface area (Å²) in [6.07, 6.45) is -0.0990. The third-order valence-electron chi connectivity index (χ3n) is 1.04. The second-order valence-electron chi connectivity index (χ2n) is 2.43. The van der Waals surface area contributed by atoms with Gasteiger partial charge in [-0.05, 0) is 6.92 Å². The number of aliphatic carboxylic acids is 1. The van der Waals surface area contributed by atoms with Crippen LogP contribution in [-0.2, 0) is 14.4 Å². The minimum absolute atomic E-state index is 0.0353. The zero-order valence-electron chi connectivity index (χ0n) is 8.11. The zero-order valence-corrected chi connectivity index (χ0v) is 8.11. The van der Waals surface area contributed by atoms with Crippen LogP contribution in [0.15, 0.2) is 0 Å². The largest absolute Gasteiger partial charge is 0.477 e. The molecule has 2 amide bonds. The van der Waals surface area contributed by atoms with Crippen molar-refractivity contribution in [2.24, 2.45) is 5.73 Å². The fourth-order valence-electron chi connectivity index (χ4n) is 0.293. The van der Waals surface area contributed by atoms with Crippen LogP contribution in [0.1, 0.15) is 19.8 Å².